The summed E-state index contributed by atoms with van der Waals surface area (Å²) in [6.07, 6.45) is 3.93. The van der Waals surface area contributed by atoms with E-state index in [4.69, 9.17) is 21.9 Å². The number of aryl methyl sites for hydroxylation is 1. The van der Waals surface area contributed by atoms with Crippen LogP contribution in [0.25, 0.3) is 11.4 Å². The fourth-order valence-electron chi connectivity index (χ4n) is 3.24. The highest BCUT2D eigenvalue weighted by molar-refractivity contribution is 6.30. The van der Waals surface area contributed by atoms with Crippen molar-refractivity contribution in [3.05, 3.63) is 35.2 Å². The van der Waals surface area contributed by atoms with Gasteiger partial charge in [-0.05, 0) is 50.5 Å². The molecule has 8 heteroatoms. The Labute approximate surface area is 164 Å². The Bertz CT molecular complexity index is 718. The van der Waals surface area contributed by atoms with Gasteiger partial charge in [0.15, 0.2) is 0 Å². The molecule has 1 aliphatic heterocycles. The van der Waals surface area contributed by atoms with Crippen molar-refractivity contribution in [2.24, 2.45) is 5.73 Å². The topological polar surface area (TPSA) is 85.2 Å². The van der Waals surface area contributed by atoms with Crippen LogP contribution in [0, 0.1) is 0 Å². The minimum absolute atomic E-state index is 0. The van der Waals surface area contributed by atoms with Crippen molar-refractivity contribution in [2.45, 2.75) is 51.1 Å². The molecule has 3 rings (SSSR count). The molecule has 1 saturated heterocycles. The highest BCUT2D eigenvalue weighted by atomic mass is 35.5. The lowest BCUT2D eigenvalue weighted by atomic mass is 9.96. The fourth-order valence-corrected chi connectivity index (χ4v) is 3.37. The maximum Gasteiger partial charge on any atom is 0.227 e. The molecule has 1 aliphatic rings. The number of carbonyl (C=O) groups is 1. The molecule has 142 valence electrons. The van der Waals surface area contributed by atoms with E-state index >= 15 is 0 Å². The highest BCUT2D eigenvalue weighted by Crippen LogP contribution is 2.21. The van der Waals surface area contributed by atoms with Gasteiger partial charge in [0.25, 0.3) is 0 Å². The van der Waals surface area contributed by atoms with Crippen LogP contribution in [0.4, 0.5) is 0 Å². The average molecular weight is 399 g/mol. The first-order valence-electron chi connectivity index (χ1n) is 8.68. The Hall–Kier alpha value is -1.63. The molecule has 2 heterocycles. The first-order chi connectivity index (χ1) is 12.0. The van der Waals surface area contributed by atoms with Gasteiger partial charge in [-0.1, -0.05) is 16.8 Å². The van der Waals surface area contributed by atoms with Gasteiger partial charge in [-0.3, -0.25) is 4.79 Å². The Morgan fingerprint density at radius 2 is 2.12 bits per heavy atom. The van der Waals surface area contributed by atoms with Crippen molar-refractivity contribution in [3.8, 4) is 11.4 Å². The van der Waals surface area contributed by atoms with Crippen LogP contribution in [-0.4, -0.2) is 39.6 Å². The van der Waals surface area contributed by atoms with Gasteiger partial charge in [0, 0.05) is 42.1 Å². The fraction of sp³-hybridized carbons (Fsp3) is 0.500. The zero-order valence-electron chi connectivity index (χ0n) is 14.7. The quantitative estimate of drug-likeness (QED) is 0.832. The maximum atomic E-state index is 12.6. The summed E-state index contributed by atoms with van der Waals surface area (Å²) in [6.45, 7) is 2.75. The number of benzene rings is 1. The SMILES string of the molecule is CC(N)C1CCCCN1C(=O)CCc1nc(-c2ccc(Cl)cc2)no1.Cl. The van der Waals surface area contributed by atoms with E-state index in [9.17, 15) is 4.79 Å². The lowest BCUT2D eigenvalue weighted by Gasteiger charge is -2.38. The molecule has 0 saturated carbocycles. The number of nitrogens with zero attached hydrogens (tertiary/aromatic N) is 3. The number of amides is 1. The Kier molecular flexibility index (Phi) is 7.43. The minimum atomic E-state index is -0.0100. The number of halogens is 2. The molecule has 26 heavy (non-hydrogen) atoms. The molecule has 0 spiro atoms. The smallest absolute Gasteiger partial charge is 0.227 e. The average Bonchev–Trinajstić information content (AvgIpc) is 3.09. The lowest BCUT2D eigenvalue weighted by Crippen LogP contribution is -2.51. The zero-order chi connectivity index (χ0) is 17.8. The lowest BCUT2D eigenvalue weighted by molar-refractivity contribution is -0.135. The summed E-state index contributed by atoms with van der Waals surface area (Å²) in [5.41, 5.74) is 6.87. The van der Waals surface area contributed by atoms with Crippen LogP contribution < -0.4 is 5.73 Å². The van der Waals surface area contributed by atoms with Crippen molar-refractivity contribution in [2.75, 3.05) is 6.54 Å². The van der Waals surface area contributed by atoms with Crippen molar-refractivity contribution in [3.63, 3.8) is 0 Å². The largest absolute Gasteiger partial charge is 0.339 e. The van der Waals surface area contributed by atoms with Gasteiger partial charge in [0.05, 0.1) is 0 Å². The zero-order valence-corrected chi connectivity index (χ0v) is 16.3. The van der Waals surface area contributed by atoms with Crippen LogP contribution in [0.5, 0.6) is 0 Å². The number of rotatable bonds is 5. The molecule has 0 bridgehead atoms. The van der Waals surface area contributed by atoms with Crippen molar-refractivity contribution in [1.29, 1.82) is 0 Å². The van der Waals surface area contributed by atoms with Crippen LogP contribution in [0.15, 0.2) is 28.8 Å². The molecular formula is C18H24Cl2N4O2. The van der Waals surface area contributed by atoms with Crippen LogP contribution >= 0.6 is 24.0 Å². The number of nitrogens with two attached hydrogens (primary N) is 1. The number of hydrogen-bond donors (Lipinski definition) is 1. The second kappa shape index (κ2) is 9.35. The van der Waals surface area contributed by atoms with Crippen molar-refractivity contribution < 1.29 is 9.32 Å². The van der Waals surface area contributed by atoms with Gasteiger partial charge < -0.3 is 15.2 Å². The number of hydrogen-bond acceptors (Lipinski definition) is 5. The Morgan fingerprint density at radius 1 is 1.38 bits per heavy atom. The van der Waals surface area contributed by atoms with Gasteiger partial charge in [0.1, 0.15) is 0 Å². The first kappa shape index (κ1) is 20.7. The highest BCUT2D eigenvalue weighted by Gasteiger charge is 2.29. The summed E-state index contributed by atoms with van der Waals surface area (Å²) >= 11 is 5.88. The third-order valence-corrected chi connectivity index (χ3v) is 4.85. The molecule has 6 nitrogen and oxygen atoms in total. The number of likely N-dealkylation sites (tertiary alicyclic amines) is 1. The van der Waals surface area contributed by atoms with E-state index in [1.165, 1.54) is 0 Å². The van der Waals surface area contributed by atoms with Gasteiger partial charge >= 0.3 is 0 Å². The monoisotopic (exact) mass is 398 g/mol. The molecule has 2 unspecified atom stereocenters. The molecule has 2 aromatic rings. The number of carbonyl (C=O) groups excluding carboxylic acids is 1. The summed E-state index contributed by atoms with van der Waals surface area (Å²) < 4.78 is 5.27. The summed E-state index contributed by atoms with van der Waals surface area (Å²) in [4.78, 5) is 18.9. The molecule has 1 amide bonds. The summed E-state index contributed by atoms with van der Waals surface area (Å²) in [6, 6.07) is 7.35. The van der Waals surface area contributed by atoms with Crippen LogP contribution in [0.3, 0.4) is 0 Å². The molecule has 0 aliphatic carbocycles. The Morgan fingerprint density at radius 3 is 2.81 bits per heavy atom. The third-order valence-electron chi connectivity index (χ3n) is 4.60. The van der Waals surface area contributed by atoms with Crippen molar-refractivity contribution in [1.82, 2.24) is 15.0 Å². The van der Waals surface area contributed by atoms with E-state index in [0.717, 1.165) is 31.4 Å². The standard InChI is InChI=1S/C18H23ClN4O2.ClH/c1-12(20)15-4-2-3-11-23(15)17(24)10-9-16-21-18(22-25-16)13-5-7-14(19)8-6-13;/h5-8,12,15H,2-4,9-11,20H2,1H3;1H. The third kappa shape index (κ3) is 4.96. The number of piperidine rings is 1. The predicted octanol–water partition coefficient (Wildman–Crippen LogP) is 3.47. The van der Waals surface area contributed by atoms with E-state index in [-0.39, 0.29) is 30.4 Å². The maximum absolute atomic E-state index is 12.6. The molecule has 1 aromatic carbocycles. The summed E-state index contributed by atoms with van der Waals surface area (Å²) in [7, 11) is 0. The Balaban J connectivity index is 0.00000243. The first-order valence-corrected chi connectivity index (χ1v) is 9.06. The van der Waals surface area contributed by atoms with E-state index in [0.29, 0.717) is 29.6 Å². The van der Waals surface area contributed by atoms with Gasteiger partial charge in [-0.2, -0.15) is 4.98 Å². The van der Waals surface area contributed by atoms with Crippen LogP contribution in [0.2, 0.25) is 5.02 Å². The molecule has 1 fully saturated rings. The predicted molar refractivity (Wildman–Crippen MR) is 103 cm³/mol. The van der Waals surface area contributed by atoms with Crippen LogP contribution in [0.1, 0.15) is 38.5 Å². The van der Waals surface area contributed by atoms with E-state index in [1.54, 1.807) is 12.1 Å². The summed E-state index contributed by atoms with van der Waals surface area (Å²) in [5.74, 6) is 1.08. The second-order valence-corrected chi connectivity index (χ2v) is 6.96. The molecule has 0 radical (unpaired) electrons. The van der Waals surface area contributed by atoms with Gasteiger partial charge in [0.2, 0.25) is 17.6 Å². The van der Waals surface area contributed by atoms with E-state index in [2.05, 4.69) is 10.1 Å². The normalized spacial score (nSPS) is 18.3. The number of aromatic nitrogens is 2. The molecular weight excluding hydrogens is 375 g/mol. The molecule has 1 aromatic heterocycles. The van der Waals surface area contributed by atoms with E-state index < -0.39 is 0 Å². The molecule has 2 atom stereocenters. The minimum Gasteiger partial charge on any atom is -0.339 e. The van der Waals surface area contributed by atoms with Gasteiger partial charge in [-0.25, -0.2) is 0 Å². The summed E-state index contributed by atoms with van der Waals surface area (Å²) in [5, 5.41) is 4.63. The second-order valence-electron chi connectivity index (χ2n) is 6.53. The van der Waals surface area contributed by atoms with Crippen LogP contribution in [-0.2, 0) is 11.2 Å². The molecule has 2 N–H and O–H groups in total. The van der Waals surface area contributed by atoms with E-state index in [1.807, 2.05) is 24.0 Å². The van der Waals surface area contributed by atoms with Gasteiger partial charge in [-0.15, -0.1) is 12.4 Å². The van der Waals surface area contributed by atoms with Crippen molar-refractivity contribution >= 4 is 29.9 Å².